The SMILES string of the molecule is C[C@H](O)c1ncc(N2CCN(C(=O)OCc3ccccc3)CC2)cc1Br. The number of pyridine rings is 1. The zero-order chi connectivity index (χ0) is 18.5. The molecule has 3 rings (SSSR count). The van der Waals surface area contributed by atoms with Crippen molar-refractivity contribution in [2.45, 2.75) is 19.6 Å². The van der Waals surface area contributed by atoms with Gasteiger partial charge in [0.2, 0.25) is 0 Å². The lowest BCUT2D eigenvalue weighted by Gasteiger charge is -2.35. The maximum absolute atomic E-state index is 12.2. The fourth-order valence-electron chi connectivity index (χ4n) is 2.88. The second-order valence-corrected chi connectivity index (χ2v) is 7.11. The lowest BCUT2D eigenvalue weighted by Crippen LogP contribution is -2.49. The van der Waals surface area contributed by atoms with Gasteiger partial charge in [0, 0.05) is 30.7 Å². The van der Waals surface area contributed by atoms with E-state index in [0.29, 0.717) is 31.9 Å². The van der Waals surface area contributed by atoms with Gasteiger partial charge in [-0.1, -0.05) is 30.3 Å². The molecule has 0 spiro atoms. The summed E-state index contributed by atoms with van der Waals surface area (Å²) in [6.07, 6.45) is 0.864. The van der Waals surface area contributed by atoms with Crippen molar-refractivity contribution >= 4 is 27.7 Å². The van der Waals surface area contributed by atoms with Gasteiger partial charge in [0.05, 0.1) is 23.7 Å². The lowest BCUT2D eigenvalue weighted by atomic mass is 10.2. The average Bonchev–Trinajstić information content (AvgIpc) is 2.66. The third kappa shape index (κ3) is 4.53. The molecule has 1 aromatic heterocycles. The molecular formula is C19H22BrN3O3. The van der Waals surface area contributed by atoms with Crippen molar-refractivity contribution in [3.63, 3.8) is 0 Å². The van der Waals surface area contributed by atoms with Crippen LogP contribution in [0.3, 0.4) is 0 Å². The summed E-state index contributed by atoms with van der Waals surface area (Å²) < 4.78 is 6.18. The standard InChI is InChI=1S/C19H22BrN3O3/c1-14(24)18-17(20)11-16(12-21-18)22-7-9-23(10-8-22)19(25)26-13-15-5-3-2-4-6-15/h2-6,11-12,14,24H,7-10,13H2,1H3/t14-/m0/s1. The second kappa shape index (κ2) is 8.51. The van der Waals surface area contributed by atoms with Gasteiger partial charge in [-0.2, -0.15) is 0 Å². The molecular weight excluding hydrogens is 398 g/mol. The Kier molecular flexibility index (Phi) is 6.11. The van der Waals surface area contributed by atoms with Crippen molar-refractivity contribution in [3.05, 3.63) is 58.3 Å². The number of ether oxygens (including phenoxy) is 1. The van der Waals surface area contributed by atoms with Crippen molar-refractivity contribution in [1.29, 1.82) is 0 Å². The molecule has 138 valence electrons. The number of rotatable bonds is 4. The molecule has 1 saturated heterocycles. The highest BCUT2D eigenvalue weighted by Crippen LogP contribution is 2.26. The summed E-state index contributed by atoms with van der Waals surface area (Å²) in [7, 11) is 0. The van der Waals surface area contributed by atoms with Gasteiger partial charge in [-0.25, -0.2) is 4.79 Å². The van der Waals surface area contributed by atoms with Crippen LogP contribution in [0.25, 0.3) is 0 Å². The predicted molar refractivity (Wildman–Crippen MR) is 103 cm³/mol. The number of hydrogen-bond donors (Lipinski definition) is 1. The summed E-state index contributed by atoms with van der Waals surface area (Å²) >= 11 is 3.46. The number of piperazine rings is 1. The number of amides is 1. The maximum atomic E-state index is 12.2. The summed E-state index contributed by atoms with van der Waals surface area (Å²) in [4.78, 5) is 20.5. The molecule has 7 heteroatoms. The maximum Gasteiger partial charge on any atom is 0.410 e. The van der Waals surface area contributed by atoms with Gasteiger partial charge in [-0.15, -0.1) is 0 Å². The number of benzene rings is 1. The van der Waals surface area contributed by atoms with Crippen LogP contribution in [0.15, 0.2) is 47.1 Å². The van der Waals surface area contributed by atoms with Gasteiger partial charge in [-0.05, 0) is 34.5 Å². The third-order valence-electron chi connectivity index (χ3n) is 4.36. The van der Waals surface area contributed by atoms with E-state index in [9.17, 15) is 9.90 Å². The zero-order valence-corrected chi connectivity index (χ0v) is 16.2. The van der Waals surface area contributed by atoms with Gasteiger partial charge >= 0.3 is 6.09 Å². The van der Waals surface area contributed by atoms with Crippen molar-refractivity contribution < 1.29 is 14.6 Å². The molecule has 0 aliphatic carbocycles. The van der Waals surface area contributed by atoms with Crippen molar-refractivity contribution in [2.75, 3.05) is 31.1 Å². The number of aliphatic hydroxyl groups is 1. The molecule has 2 aromatic rings. The van der Waals surface area contributed by atoms with Gasteiger partial charge < -0.3 is 19.6 Å². The fourth-order valence-corrected chi connectivity index (χ4v) is 3.54. The fraction of sp³-hybridized carbons (Fsp3) is 0.368. The van der Waals surface area contributed by atoms with Crippen LogP contribution in [-0.2, 0) is 11.3 Å². The quantitative estimate of drug-likeness (QED) is 0.822. The molecule has 1 aliphatic heterocycles. The van der Waals surface area contributed by atoms with E-state index in [1.807, 2.05) is 36.4 Å². The van der Waals surface area contributed by atoms with Crippen molar-refractivity contribution in [2.24, 2.45) is 0 Å². The van der Waals surface area contributed by atoms with Crippen molar-refractivity contribution in [1.82, 2.24) is 9.88 Å². The summed E-state index contributed by atoms with van der Waals surface area (Å²) in [5.74, 6) is 0. The van der Waals surface area contributed by atoms with Crippen LogP contribution in [0, 0.1) is 0 Å². The van der Waals surface area contributed by atoms with E-state index in [0.717, 1.165) is 15.7 Å². The van der Waals surface area contributed by atoms with Crippen LogP contribution >= 0.6 is 15.9 Å². The number of halogens is 1. The first kappa shape index (κ1) is 18.7. The minimum Gasteiger partial charge on any atom is -0.445 e. The van der Waals surface area contributed by atoms with Crippen molar-refractivity contribution in [3.8, 4) is 0 Å². The summed E-state index contributed by atoms with van der Waals surface area (Å²) in [5.41, 5.74) is 2.57. The number of aromatic nitrogens is 1. The third-order valence-corrected chi connectivity index (χ3v) is 4.99. The molecule has 0 saturated carbocycles. The van der Waals surface area contributed by atoms with Gasteiger partial charge in [0.15, 0.2) is 0 Å². The monoisotopic (exact) mass is 419 g/mol. The van der Waals surface area contributed by atoms with Crippen LogP contribution < -0.4 is 4.90 Å². The zero-order valence-electron chi connectivity index (χ0n) is 14.6. The molecule has 6 nitrogen and oxygen atoms in total. The second-order valence-electron chi connectivity index (χ2n) is 6.25. The summed E-state index contributed by atoms with van der Waals surface area (Å²) in [6, 6.07) is 11.6. The molecule has 26 heavy (non-hydrogen) atoms. The summed E-state index contributed by atoms with van der Waals surface area (Å²) in [5, 5.41) is 9.67. The smallest absolute Gasteiger partial charge is 0.410 e. The Morgan fingerprint density at radius 2 is 1.96 bits per heavy atom. The molecule has 1 amide bonds. The Balaban J connectivity index is 1.52. The average molecular weight is 420 g/mol. The van der Waals surface area contributed by atoms with E-state index in [1.165, 1.54) is 0 Å². The number of carbonyl (C=O) groups excluding carboxylic acids is 1. The van der Waals surface area contributed by atoms with Gasteiger partial charge in [0.25, 0.3) is 0 Å². The number of nitrogens with zero attached hydrogens (tertiary/aromatic N) is 3. The number of carbonyl (C=O) groups is 1. The van der Waals surface area contributed by atoms with Gasteiger partial charge in [-0.3, -0.25) is 4.98 Å². The minimum atomic E-state index is -0.616. The van der Waals surface area contributed by atoms with E-state index >= 15 is 0 Å². The topological polar surface area (TPSA) is 65.9 Å². The van der Waals surface area contributed by atoms with Crippen LogP contribution in [-0.4, -0.2) is 47.3 Å². The van der Waals surface area contributed by atoms with Crippen LogP contribution in [0.2, 0.25) is 0 Å². The largest absolute Gasteiger partial charge is 0.445 e. The molecule has 1 atom stereocenters. The molecule has 1 aromatic carbocycles. The van der Waals surface area contributed by atoms with Gasteiger partial charge in [0.1, 0.15) is 6.61 Å². The highest BCUT2D eigenvalue weighted by atomic mass is 79.9. The Morgan fingerprint density at radius 3 is 2.58 bits per heavy atom. The normalized spacial score (nSPS) is 15.7. The van der Waals surface area contributed by atoms with Crippen LogP contribution in [0.4, 0.5) is 10.5 Å². The molecule has 1 N–H and O–H groups in total. The van der Waals surface area contributed by atoms with E-state index in [-0.39, 0.29) is 12.7 Å². The Labute approximate surface area is 161 Å². The minimum absolute atomic E-state index is 0.280. The molecule has 0 radical (unpaired) electrons. The van der Waals surface area contributed by atoms with E-state index in [1.54, 1.807) is 18.0 Å². The highest BCUT2D eigenvalue weighted by molar-refractivity contribution is 9.10. The highest BCUT2D eigenvalue weighted by Gasteiger charge is 2.23. The number of hydrogen-bond acceptors (Lipinski definition) is 5. The predicted octanol–water partition coefficient (Wildman–Crippen LogP) is 3.36. The first-order valence-electron chi connectivity index (χ1n) is 8.58. The van der Waals surface area contributed by atoms with Crippen LogP contribution in [0.1, 0.15) is 24.3 Å². The Hall–Kier alpha value is -2.12. The molecule has 0 bridgehead atoms. The Bertz CT molecular complexity index is 747. The molecule has 0 unspecified atom stereocenters. The molecule has 2 heterocycles. The Morgan fingerprint density at radius 1 is 1.27 bits per heavy atom. The first-order chi connectivity index (χ1) is 12.5. The number of anilines is 1. The van der Waals surface area contributed by atoms with E-state index < -0.39 is 6.10 Å². The summed E-state index contributed by atoms with van der Waals surface area (Å²) in [6.45, 7) is 4.60. The molecule has 1 aliphatic rings. The lowest BCUT2D eigenvalue weighted by molar-refractivity contribution is 0.0942. The first-order valence-corrected chi connectivity index (χ1v) is 9.38. The molecule has 1 fully saturated rings. The van der Waals surface area contributed by atoms with Crippen LogP contribution in [0.5, 0.6) is 0 Å². The van der Waals surface area contributed by atoms with E-state index in [2.05, 4.69) is 25.8 Å². The van der Waals surface area contributed by atoms with E-state index in [4.69, 9.17) is 4.74 Å². The number of aliphatic hydroxyl groups excluding tert-OH is 1.